The van der Waals surface area contributed by atoms with Gasteiger partial charge in [0.1, 0.15) is 5.75 Å². The van der Waals surface area contributed by atoms with E-state index in [0.717, 1.165) is 42.0 Å². The van der Waals surface area contributed by atoms with Gasteiger partial charge < -0.3 is 20.1 Å². The van der Waals surface area contributed by atoms with Crippen LogP contribution in [0.5, 0.6) is 5.75 Å². The number of hydrogen-bond acceptors (Lipinski definition) is 7. The van der Waals surface area contributed by atoms with E-state index in [1.54, 1.807) is 6.92 Å². The number of benzene rings is 2. The Labute approximate surface area is 359 Å². The van der Waals surface area contributed by atoms with Crippen LogP contribution in [-0.2, 0) is 16.0 Å². The lowest BCUT2D eigenvalue weighted by Crippen LogP contribution is -2.21. The number of unbranched alkanes of at least 4 members (excludes halogenated alkanes) is 23. The molecule has 2 aromatic carbocycles. The normalized spacial score (nSPS) is 11.6. The number of hydrogen-bond donors (Lipinski definition) is 2. The molecule has 0 saturated heterocycles. The molecule has 59 heavy (non-hydrogen) atoms. The second kappa shape index (κ2) is 32.9. The largest absolute Gasteiger partial charge is 0.462 e. The molecule has 0 radical (unpaired) electrons. The van der Waals surface area contributed by atoms with Crippen LogP contribution in [0.3, 0.4) is 0 Å². The van der Waals surface area contributed by atoms with Gasteiger partial charge in [0.05, 0.1) is 24.3 Å². The molecule has 0 amide bonds. The molecular formula is C52H81N3O4. The van der Waals surface area contributed by atoms with Gasteiger partial charge in [0.15, 0.2) is 0 Å². The fourth-order valence-corrected chi connectivity index (χ4v) is 7.73. The lowest BCUT2D eigenvalue weighted by Gasteiger charge is -2.18. The van der Waals surface area contributed by atoms with Crippen molar-refractivity contribution < 1.29 is 19.1 Å². The SMILES string of the molecule is CCCCCCCCCCCCCCCCNc1ccc(CC(C(=O)Oc2cncc(C(=O)OCC)c2)c2ccc(NCCCCCCCCCCCCC)cc2)cc1. The molecule has 7 nitrogen and oxygen atoms in total. The number of anilines is 2. The highest BCUT2D eigenvalue weighted by molar-refractivity contribution is 5.90. The van der Waals surface area contributed by atoms with E-state index in [0.29, 0.717) is 6.42 Å². The highest BCUT2D eigenvalue weighted by Crippen LogP contribution is 2.27. The van der Waals surface area contributed by atoms with E-state index in [-0.39, 0.29) is 17.9 Å². The van der Waals surface area contributed by atoms with Gasteiger partial charge in [-0.3, -0.25) is 9.78 Å². The summed E-state index contributed by atoms with van der Waals surface area (Å²) in [7, 11) is 0. The minimum absolute atomic E-state index is 0.221. The average Bonchev–Trinajstić information content (AvgIpc) is 3.25. The predicted octanol–water partition coefficient (Wildman–Crippen LogP) is 14.8. The summed E-state index contributed by atoms with van der Waals surface area (Å²) in [5.74, 6) is -1.21. The van der Waals surface area contributed by atoms with Crippen LogP contribution in [0.25, 0.3) is 0 Å². The van der Waals surface area contributed by atoms with Crippen molar-refractivity contribution in [1.82, 2.24) is 4.98 Å². The standard InChI is InChI=1S/C52H81N3O4/c1-4-7-9-11-13-15-17-18-19-21-23-25-26-28-38-54-47-34-30-44(31-35-47)40-50(52(57)59-49-41-46(42-53-43-49)51(56)58-6-3)45-32-36-48(37-33-45)55-39-29-27-24-22-20-16-14-12-10-8-5-2/h30-37,41-43,50,54-55H,4-29,38-40H2,1-3H3. The molecule has 3 aromatic rings. The summed E-state index contributed by atoms with van der Waals surface area (Å²) >= 11 is 0. The van der Waals surface area contributed by atoms with Crippen LogP contribution in [-0.4, -0.2) is 36.6 Å². The van der Waals surface area contributed by atoms with Gasteiger partial charge in [0.25, 0.3) is 0 Å². The topological polar surface area (TPSA) is 89.5 Å². The molecule has 0 saturated carbocycles. The van der Waals surface area contributed by atoms with Gasteiger partial charge in [-0.2, -0.15) is 0 Å². The lowest BCUT2D eigenvalue weighted by atomic mass is 9.91. The molecule has 0 aliphatic rings. The first-order valence-electron chi connectivity index (χ1n) is 24.0. The number of pyridine rings is 1. The monoisotopic (exact) mass is 812 g/mol. The fraction of sp³-hybridized carbons (Fsp3) is 0.635. The van der Waals surface area contributed by atoms with Crippen LogP contribution in [0, 0.1) is 0 Å². The van der Waals surface area contributed by atoms with Crippen molar-refractivity contribution in [2.45, 2.75) is 194 Å². The molecule has 0 bridgehead atoms. The van der Waals surface area contributed by atoms with E-state index < -0.39 is 17.9 Å². The highest BCUT2D eigenvalue weighted by Gasteiger charge is 2.24. The Balaban J connectivity index is 1.45. The van der Waals surface area contributed by atoms with Gasteiger partial charge >= 0.3 is 11.9 Å². The summed E-state index contributed by atoms with van der Waals surface area (Å²) in [5, 5.41) is 7.15. The Hall–Kier alpha value is -3.87. The minimum atomic E-state index is -0.545. The van der Waals surface area contributed by atoms with E-state index in [1.807, 2.05) is 12.1 Å². The summed E-state index contributed by atoms with van der Waals surface area (Å²) < 4.78 is 11.0. The van der Waals surface area contributed by atoms with E-state index in [9.17, 15) is 9.59 Å². The van der Waals surface area contributed by atoms with Crippen LogP contribution in [0.15, 0.2) is 67.0 Å². The van der Waals surface area contributed by atoms with E-state index >= 15 is 0 Å². The third kappa shape index (κ3) is 22.9. The smallest absolute Gasteiger partial charge is 0.339 e. The summed E-state index contributed by atoms with van der Waals surface area (Å²) in [6.45, 7) is 8.46. The van der Waals surface area contributed by atoms with Crippen molar-refractivity contribution in [1.29, 1.82) is 0 Å². The number of aromatic nitrogens is 1. The first-order chi connectivity index (χ1) is 29.0. The van der Waals surface area contributed by atoms with Crippen LogP contribution >= 0.6 is 0 Å². The number of carbonyl (C=O) groups is 2. The first-order valence-corrected chi connectivity index (χ1v) is 24.0. The van der Waals surface area contributed by atoms with Crippen LogP contribution in [0.2, 0.25) is 0 Å². The zero-order valence-corrected chi connectivity index (χ0v) is 37.5. The zero-order valence-electron chi connectivity index (χ0n) is 37.5. The quantitative estimate of drug-likeness (QED) is 0.0446. The maximum atomic E-state index is 13.8. The van der Waals surface area contributed by atoms with Gasteiger partial charge in [-0.15, -0.1) is 0 Å². The Kier molecular flexibility index (Phi) is 27.6. The van der Waals surface area contributed by atoms with Crippen molar-refractivity contribution in [2.24, 2.45) is 0 Å². The van der Waals surface area contributed by atoms with Crippen molar-refractivity contribution in [3.05, 3.63) is 83.7 Å². The van der Waals surface area contributed by atoms with Crippen LogP contribution in [0.1, 0.15) is 209 Å². The Morgan fingerprint density at radius 3 is 1.41 bits per heavy atom. The first kappa shape index (κ1) is 49.5. The van der Waals surface area contributed by atoms with Crippen molar-refractivity contribution in [3.63, 3.8) is 0 Å². The Bertz CT molecular complexity index is 1490. The highest BCUT2D eigenvalue weighted by atomic mass is 16.5. The van der Waals surface area contributed by atoms with Gasteiger partial charge in [0.2, 0.25) is 0 Å². The number of nitrogens with zero attached hydrogens (tertiary/aromatic N) is 1. The van der Waals surface area contributed by atoms with Gasteiger partial charge in [-0.05, 0) is 67.6 Å². The van der Waals surface area contributed by atoms with Crippen molar-refractivity contribution >= 4 is 23.3 Å². The summed E-state index contributed by atoms with van der Waals surface area (Å²) in [6, 6.07) is 18.1. The van der Waals surface area contributed by atoms with E-state index in [2.05, 4.69) is 65.9 Å². The number of ether oxygens (including phenoxy) is 2. The molecule has 0 aliphatic heterocycles. The number of rotatable bonds is 36. The molecule has 328 valence electrons. The summed E-state index contributed by atoms with van der Waals surface area (Å²) in [5.41, 5.74) is 4.32. The van der Waals surface area contributed by atoms with E-state index in [1.165, 1.54) is 173 Å². The molecule has 0 aliphatic carbocycles. The second-order valence-corrected chi connectivity index (χ2v) is 16.6. The number of nitrogens with one attached hydrogen (secondary N) is 2. The van der Waals surface area contributed by atoms with Crippen LogP contribution < -0.4 is 15.4 Å². The molecule has 1 unspecified atom stereocenters. The molecule has 3 rings (SSSR count). The third-order valence-electron chi connectivity index (χ3n) is 11.4. The minimum Gasteiger partial charge on any atom is -0.462 e. The van der Waals surface area contributed by atoms with Crippen molar-refractivity contribution in [3.8, 4) is 5.75 Å². The molecule has 1 atom stereocenters. The molecule has 1 aromatic heterocycles. The predicted molar refractivity (Wildman–Crippen MR) is 249 cm³/mol. The maximum Gasteiger partial charge on any atom is 0.339 e. The Morgan fingerprint density at radius 2 is 0.966 bits per heavy atom. The molecule has 0 fully saturated rings. The van der Waals surface area contributed by atoms with E-state index in [4.69, 9.17) is 9.47 Å². The van der Waals surface area contributed by atoms with Crippen LogP contribution in [0.4, 0.5) is 11.4 Å². The third-order valence-corrected chi connectivity index (χ3v) is 11.4. The second-order valence-electron chi connectivity index (χ2n) is 16.6. The molecule has 1 heterocycles. The summed E-state index contributed by atoms with van der Waals surface area (Å²) in [4.78, 5) is 30.3. The molecule has 2 N–H and O–H groups in total. The number of carbonyl (C=O) groups excluding carboxylic acids is 2. The lowest BCUT2D eigenvalue weighted by molar-refractivity contribution is -0.136. The summed E-state index contributed by atoms with van der Waals surface area (Å²) in [6.07, 6.45) is 37.1. The average molecular weight is 812 g/mol. The van der Waals surface area contributed by atoms with Gasteiger partial charge in [-0.25, -0.2) is 4.79 Å². The van der Waals surface area contributed by atoms with Gasteiger partial charge in [-0.1, -0.05) is 186 Å². The zero-order chi connectivity index (χ0) is 42.0. The maximum absolute atomic E-state index is 13.8. The van der Waals surface area contributed by atoms with Gasteiger partial charge in [0, 0.05) is 30.7 Å². The Morgan fingerprint density at radius 1 is 0.542 bits per heavy atom. The molecule has 0 spiro atoms. The van der Waals surface area contributed by atoms with Crippen molar-refractivity contribution in [2.75, 3.05) is 30.3 Å². The molecular weight excluding hydrogens is 731 g/mol. The fourth-order valence-electron chi connectivity index (χ4n) is 7.73. The molecule has 7 heteroatoms. The number of esters is 2.